The van der Waals surface area contributed by atoms with Crippen molar-refractivity contribution in [1.82, 2.24) is 14.7 Å². The maximum Gasteiger partial charge on any atom is 0.348 e. The molecule has 2 N–H and O–H groups in total. The zero-order chi connectivity index (χ0) is 25.7. The third-order valence-corrected chi connectivity index (χ3v) is 5.77. The molecule has 0 bridgehead atoms. The van der Waals surface area contributed by atoms with Gasteiger partial charge in [0.2, 0.25) is 5.91 Å². The standard InChI is InChI=1S/C26H30N6O4/c1-18(2)36-23-10-4-20(5-11-23)25(34)29-24-12-13-27-32(24)26(35)28-21-6-8-22(9-7-21)31-16-14-30(15-17-31)19(3)33/h4-13,18H,14-17H2,1-3H3,(H,28,35)(H,29,34). The number of piperazine rings is 1. The first-order valence-corrected chi connectivity index (χ1v) is 11.8. The van der Waals surface area contributed by atoms with E-state index in [0.717, 1.165) is 23.5 Å². The second-order valence-electron chi connectivity index (χ2n) is 8.74. The molecule has 2 aromatic carbocycles. The molecule has 0 aliphatic carbocycles. The van der Waals surface area contributed by atoms with Crippen molar-refractivity contribution >= 4 is 35.0 Å². The quantitative estimate of drug-likeness (QED) is 0.546. The second kappa shape index (κ2) is 10.9. The van der Waals surface area contributed by atoms with Gasteiger partial charge in [-0.25, -0.2) is 4.79 Å². The molecule has 1 aliphatic heterocycles. The van der Waals surface area contributed by atoms with Gasteiger partial charge in [-0.05, 0) is 62.4 Å². The molecule has 36 heavy (non-hydrogen) atoms. The van der Waals surface area contributed by atoms with Crippen LogP contribution in [0, 0.1) is 0 Å². The van der Waals surface area contributed by atoms with Gasteiger partial charge in [0.15, 0.2) is 0 Å². The average molecular weight is 491 g/mol. The molecule has 0 unspecified atom stereocenters. The number of carbonyl (C=O) groups excluding carboxylic acids is 3. The summed E-state index contributed by atoms with van der Waals surface area (Å²) in [6.07, 6.45) is 1.48. The number of ether oxygens (including phenoxy) is 1. The van der Waals surface area contributed by atoms with Crippen LogP contribution >= 0.6 is 0 Å². The molecule has 0 atom stereocenters. The van der Waals surface area contributed by atoms with E-state index in [1.165, 1.54) is 6.20 Å². The van der Waals surface area contributed by atoms with E-state index in [9.17, 15) is 14.4 Å². The third-order valence-electron chi connectivity index (χ3n) is 5.77. The van der Waals surface area contributed by atoms with Crippen molar-refractivity contribution in [3.63, 3.8) is 0 Å². The van der Waals surface area contributed by atoms with Gasteiger partial charge in [-0.15, -0.1) is 0 Å². The van der Waals surface area contributed by atoms with Crippen LogP contribution in [0.15, 0.2) is 60.8 Å². The fourth-order valence-electron chi connectivity index (χ4n) is 3.92. The van der Waals surface area contributed by atoms with E-state index in [1.807, 2.05) is 43.0 Å². The number of rotatable bonds is 6. The Labute approximate surface area is 209 Å². The highest BCUT2D eigenvalue weighted by Gasteiger charge is 2.19. The second-order valence-corrected chi connectivity index (χ2v) is 8.74. The minimum Gasteiger partial charge on any atom is -0.491 e. The number of amides is 3. The molecule has 3 aromatic rings. The fraction of sp³-hybridized carbons (Fsp3) is 0.308. The lowest BCUT2D eigenvalue weighted by Crippen LogP contribution is -2.48. The first-order valence-electron chi connectivity index (χ1n) is 11.8. The molecule has 1 aromatic heterocycles. The number of anilines is 3. The maximum atomic E-state index is 12.8. The van der Waals surface area contributed by atoms with Crippen molar-refractivity contribution in [2.75, 3.05) is 41.7 Å². The predicted octanol–water partition coefficient (Wildman–Crippen LogP) is 3.67. The van der Waals surface area contributed by atoms with Crippen molar-refractivity contribution < 1.29 is 19.1 Å². The molecule has 1 fully saturated rings. The summed E-state index contributed by atoms with van der Waals surface area (Å²) in [4.78, 5) is 41.1. The number of benzene rings is 2. The third kappa shape index (κ3) is 6.01. The summed E-state index contributed by atoms with van der Waals surface area (Å²) in [7, 11) is 0. The van der Waals surface area contributed by atoms with Crippen LogP contribution in [-0.2, 0) is 4.79 Å². The Morgan fingerprint density at radius 3 is 2.17 bits per heavy atom. The van der Waals surface area contributed by atoms with Gasteiger partial charge >= 0.3 is 6.03 Å². The van der Waals surface area contributed by atoms with Crippen molar-refractivity contribution in [2.45, 2.75) is 26.9 Å². The van der Waals surface area contributed by atoms with Crippen LogP contribution in [0.3, 0.4) is 0 Å². The Morgan fingerprint density at radius 2 is 1.56 bits per heavy atom. The molecule has 1 aliphatic rings. The van der Waals surface area contributed by atoms with Gasteiger partial charge < -0.3 is 25.2 Å². The number of nitrogens with zero attached hydrogens (tertiary/aromatic N) is 4. The minimum absolute atomic E-state index is 0.0391. The van der Waals surface area contributed by atoms with Crippen molar-refractivity contribution in [2.24, 2.45) is 0 Å². The molecule has 3 amide bonds. The van der Waals surface area contributed by atoms with E-state index in [4.69, 9.17) is 4.74 Å². The molecule has 0 saturated carbocycles. The summed E-state index contributed by atoms with van der Waals surface area (Å²) in [5.74, 6) is 0.654. The lowest BCUT2D eigenvalue weighted by molar-refractivity contribution is -0.129. The van der Waals surface area contributed by atoms with E-state index in [1.54, 1.807) is 37.3 Å². The number of hydrogen-bond acceptors (Lipinski definition) is 6. The van der Waals surface area contributed by atoms with Crippen LogP contribution in [0.1, 0.15) is 31.1 Å². The lowest BCUT2D eigenvalue weighted by atomic mass is 10.2. The first-order chi connectivity index (χ1) is 17.3. The lowest BCUT2D eigenvalue weighted by Gasteiger charge is -2.35. The van der Waals surface area contributed by atoms with Crippen LogP contribution in [0.4, 0.5) is 22.0 Å². The van der Waals surface area contributed by atoms with E-state index in [0.29, 0.717) is 30.1 Å². The number of aromatic nitrogens is 2. The Bertz CT molecular complexity index is 1210. The summed E-state index contributed by atoms with van der Waals surface area (Å²) in [6, 6.07) is 15.3. The summed E-state index contributed by atoms with van der Waals surface area (Å²) in [5.41, 5.74) is 2.05. The predicted molar refractivity (Wildman–Crippen MR) is 138 cm³/mol. The molecule has 188 valence electrons. The molecule has 0 radical (unpaired) electrons. The minimum atomic E-state index is -0.501. The van der Waals surface area contributed by atoms with Crippen molar-refractivity contribution in [3.8, 4) is 5.75 Å². The molecular weight excluding hydrogens is 460 g/mol. The molecular formula is C26H30N6O4. The SMILES string of the molecule is CC(=O)N1CCN(c2ccc(NC(=O)n3nccc3NC(=O)c3ccc(OC(C)C)cc3)cc2)CC1. The molecule has 2 heterocycles. The zero-order valence-electron chi connectivity index (χ0n) is 20.6. The van der Waals surface area contributed by atoms with E-state index >= 15 is 0 Å². The number of carbonyl (C=O) groups is 3. The fourth-order valence-corrected chi connectivity index (χ4v) is 3.92. The van der Waals surface area contributed by atoms with Crippen LogP contribution in [0.25, 0.3) is 0 Å². The number of nitrogens with one attached hydrogen (secondary N) is 2. The molecule has 0 spiro atoms. The van der Waals surface area contributed by atoms with Crippen LogP contribution in [-0.4, -0.2) is 64.8 Å². The first kappa shape index (κ1) is 24.8. The Kier molecular flexibility index (Phi) is 7.53. The smallest absolute Gasteiger partial charge is 0.348 e. The van der Waals surface area contributed by atoms with Gasteiger partial charge in [0, 0.05) is 56.1 Å². The van der Waals surface area contributed by atoms with Crippen molar-refractivity contribution in [3.05, 3.63) is 66.4 Å². The average Bonchev–Trinajstić information content (AvgIpc) is 3.33. The maximum absolute atomic E-state index is 12.8. The Balaban J connectivity index is 1.35. The van der Waals surface area contributed by atoms with Crippen LogP contribution < -0.4 is 20.3 Å². The van der Waals surface area contributed by atoms with Gasteiger partial charge in [-0.2, -0.15) is 9.78 Å². The highest BCUT2D eigenvalue weighted by Crippen LogP contribution is 2.20. The van der Waals surface area contributed by atoms with Gasteiger partial charge in [-0.1, -0.05) is 0 Å². The monoisotopic (exact) mass is 490 g/mol. The van der Waals surface area contributed by atoms with Crippen LogP contribution in [0.2, 0.25) is 0 Å². The number of hydrogen-bond donors (Lipinski definition) is 2. The highest BCUT2D eigenvalue weighted by atomic mass is 16.5. The van der Waals surface area contributed by atoms with Crippen LogP contribution in [0.5, 0.6) is 5.75 Å². The van der Waals surface area contributed by atoms with E-state index in [2.05, 4.69) is 20.6 Å². The topological polar surface area (TPSA) is 109 Å². The Hall–Kier alpha value is -4.34. The largest absolute Gasteiger partial charge is 0.491 e. The summed E-state index contributed by atoms with van der Waals surface area (Å²) < 4.78 is 6.70. The summed E-state index contributed by atoms with van der Waals surface area (Å²) >= 11 is 0. The molecule has 10 heteroatoms. The highest BCUT2D eigenvalue weighted by molar-refractivity contribution is 6.05. The van der Waals surface area contributed by atoms with Gasteiger partial charge in [0.1, 0.15) is 11.6 Å². The molecule has 1 saturated heterocycles. The van der Waals surface area contributed by atoms with Gasteiger partial charge in [0.05, 0.1) is 12.3 Å². The summed E-state index contributed by atoms with van der Waals surface area (Å²) in [6.45, 7) is 8.35. The zero-order valence-corrected chi connectivity index (χ0v) is 20.6. The summed E-state index contributed by atoms with van der Waals surface area (Å²) in [5, 5.41) is 9.57. The molecule has 4 rings (SSSR count). The van der Waals surface area contributed by atoms with Crippen molar-refractivity contribution in [1.29, 1.82) is 0 Å². The molecule has 10 nitrogen and oxygen atoms in total. The Morgan fingerprint density at radius 1 is 0.889 bits per heavy atom. The van der Waals surface area contributed by atoms with Gasteiger partial charge in [-0.3, -0.25) is 9.59 Å². The normalized spacial score (nSPS) is 13.4. The van der Waals surface area contributed by atoms with Gasteiger partial charge in [0.25, 0.3) is 5.91 Å². The van der Waals surface area contributed by atoms with E-state index < -0.39 is 6.03 Å². The van der Waals surface area contributed by atoms with E-state index in [-0.39, 0.29) is 23.7 Å².